The van der Waals surface area contributed by atoms with E-state index in [1.165, 1.54) is 4.90 Å². The van der Waals surface area contributed by atoms with Gasteiger partial charge in [-0.05, 0) is 18.8 Å². The van der Waals surface area contributed by atoms with Crippen LogP contribution < -0.4 is 0 Å². The SMILES string of the molecule is CN(C)C(=O)N1CCCC(CC(=O)O)C1. The van der Waals surface area contributed by atoms with Crippen LogP contribution in [0.4, 0.5) is 4.79 Å². The van der Waals surface area contributed by atoms with Gasteiger partial charge in [0.15, 0.2) is 0 Å². The second-order valence-electron chi connectivity index (χ2n) is 4.23. The minimum absolute atomic E-state index is 0.0231. The summed E-state index contributed by atoms with van der Waals surface area (Å²) in [5.41, 5.74) is 0. The minimum atomic E-state index is -0.779. The van der Waals surface area contributed by atoms with E-state index in [2.05, 4.69) is 0 Å². The van der Waals surface area contributed by atoms with E-state index in [1.54, 1.807) is 19.0 Å². The summed E-state index contributed by atoms with van der Waals surface area (Å²) in [7, 11) is 3.42. The summed E-state index contributed by atoms with van der Waals surface area (Å²) in [5.74, 6) is -0.667. The summed E-state index contributed by atoms with van der Waals surface area (Å²) in [6, 6.07) is -0.0231. The Labute approximate surface area is 89.7 Å². The van der Waals surface area contributed by atoms with Crippen LogP contribution in [0.25, 0.3) is 0 Å². The van der Waals surface area contributed by atoms with Crippen molar-refractivity contribution in [3.05, 3.63) is 0 Å². The molecule has 86 valence electrons. The van der Waals surface area contributed by atoms with Crippen LogP contribution in [0.3, 0.4) is 0 Å². The van der Waals surface area contributed by atoms with Gasteiger partial charge in [0.25, 0.3) is 0 Å². The van der Waals surface area contributed by atoms with Gasteiger partial charge in [-0.25, -0.2) is 4.79 Å². The number of aliphatic carboxylic acids is 1. The molecule has 1 N–H and O–H groups in total. The van der Waals surface area contributed by atoms with Gasteiger partial charge in [0.2, 0.25) is 0 Å². The first kappa shape index (κ1) is 11.8. The summed E-state index contributed by atoms with van der Waals surface area (Å²) in [6.45, 7) is 1.32. The maximum Gasteiger partial charge on any atom is 0.319 e. The Balaban J connectivity index is 2.48. The number of carboxylic acid groups (broad SMARTS) is 1. The monoisotopic (exact) mass is 214 g/mol. The zero-order valence-electron chi connectivity index (χ0n) is 9.27. The summed E-state index contributed by atoms with van der Waals surface area (Å²) >= 11 is 0. The van der Waals surface area contributed by atoms with Gasteiger partial charge in [-0.1, -0.05) is 0 Å². The Morgan fingerprint density at radius 2 is 2.13 bits per heavy atom. The molecule has 1 unspecified atom stereocenters. The number of nitrogens with zero attached hydrogens (tertiary/aromatic N) is 2. The highest BCUT2D eigenvalue weighted by Crippen LogP contribution is 2.20. The topological polar surface area (TPSA) is 60.9 Å². The van der Waals surface area contributed by atoms with E-state index < -0.39 is 5.97 Å². The lowest BCUT2D eigenvalue weighted by Crippen LogP contribution is -2.45. The van der Waals surface area contributed by atoms with E-state index in [9.17, 15) is 9.59 Å². The number of urea groups is 1. The van der Waals surface area contributed by atoms with E-state index in [4.69, 9.17) is 5.11 Å². The molecule has 0 radical (unpaired) electrons. The van der Waals surface area contributed by atoms with Crippen molar-refractivity contribution in [3.8, 4) is 0 Å². The molecule has 1 saturated heterocycles. The molecule has 1 rings (SSSR count). The minimum Gasteiger partial charge on any atom is -0.481 e. The Morgan fingerprint density at radius 3 is 2.67 bits per heavy atom. The van der Waals surface area contributed by atoms with Crippen LogP contribution in [-0.4, -0.2) is 54.1 Å². The lowest BCUT2D eigenvalue weighted by atomic mass is 9.95. The number of likely N-dealkylation sites (tertiary alicyclic amines) is 1. The smallest absolute Gasteiger partial charge is 0.319 e. The molecule has 1 atom stereocenters. The summed E-state index contributed by atoms with van der Waals surface area (Å²) < 4.78 is 0. The number of hydrogen-bond donors (Lipinski definition) is 1. The molecular formula is C10H18N2O3. The largest absolute Gasteiger partial charge is 0.481 e. The summed E-state index contributed by atoms with van der Waals surface area (Å²) in [5, 5.41) is 8.69. The first-order valence-corrected chi connectivity index (χ1v) is 5.18. The van der Waals surface area contributed by atoms with E-state index >= 15 is 0 Å². The third-order valence-electron chi connectivity index (χ3n) is 2.64. The fraction of sp³-hybridized carbons (Fsp3) is 0.800. The number of rotatable bonds is 2. The van der Waals surface area contributed by atoms with Crippen LogP contribution in [0.15, 0.2) is 0 Å². The van der Waals surface area contributed by atoms with Crippen molar-refractivity contribution in [2.24, 2.45) is 5.92 Å². The maximum atomic E-state index is 11.6. The second-order valence-corrected chi connectivity index (χ2v) is 4.23. The Kier molecular flexibility index (Phi) is 3.94. The fourth-order valence-corrected chi connectivity index (χ4v) is 1.94. The highest BCUT2D eigenvalue weighted by molar-refractivity contribution is 5.74. The number of hydrogen-bond acceptors (Lipinski definition) is 2. The summed E-state index contributed by atoms with van der Waals surface area (Å²) in [6.07, 6.45) is 1.97. The molecule has 15 heavy (non-hydrogen) atoms. The van der Waals surface area contributed by atoms with Crippen LogP contribution in [0, 0.1) is 5.92 Å². The van der Waals surface area contributed by atoms with E-state index in [-0.39, 0.29) is 18.4 Å². The lowest BCUT2D eigenvalue weighted by molar-refractivity contribution is -0.138. The highest BCUT2D eigenvalue weighted by Gasteiger charge is 2.25. The lowest BCUT2D eigenvalue weighted by Gasteiger charge is -2.33. The molecule has 5 nitrogen and oxygen atoms in total. The van der Waals surface area contributed by atoms with Gasteiger partial charge in [0, 0.05) is 33.6 Å². The van der Waals surface area contributed by atoms with Gasteiger partial charge in [0.1, 0.15) is 0 Å². The van der Waals surface area contributed by atoms with Gasteiger partial charge in [0.05, 0.1) is 0 Å². The number of carbonyl (C=O) groups is 2. The van der Waals surface area contributed by atoms with Gasteiger partial charge in [-0.3, -0.25) is 4.79 Å². The Morgan fingerprint density at radius 1 is 1.47 bits per heavy atom. The van der Waals surface area contributed by atoms with E-state index in [0.29, 0.717) is 6.54 Å². The molecular weight excluding hydrogens is 196 g/mol. The van der Waals surface area contributed by atoms with E-state index in [1.807, 2.05) is 0 Å². The van der Waals surface area contributed by atoms with Crippen LogP contribution in [0.1, 0.15) is 19.3 Å². The normalized spacial score (nSPS) is 21.2. The third-order valence-corrected chi connectivity index (χ3v) is 2.64. The van der Waals surface area contributed by atoms with Crippen LogP contribution in [0.2, 0.25) is 0 Å². The van der Waals surface area contributed by atoms with Crippen molar-refractivity contribution in [1.82, 2.24) is 9.80 Å². The van der Waals surface area contributed by atoms with Gasteiger partial charge in [-0.2, -0.15) is 0 Å². The molecule has 0 aromatic rings. The molecule has 1 aliphatic rings. The average Bonchev–Trinajstić information content (AvgIpc) is 2.16. The van der Waals surface area contributed by atoms with Crippen molar-refractivity contribution in [3.63, 3.8) is 0 Å². The predicted molar refractivity (Wildman–Crippen MR) is 55.6 cm³/mol. The van der Waals surface area contributed by atoms with Crippen molar-refractivity contribution in [2.45, 2.75) is 19.3 Å². The number of piperidine rings is 1. The molecule has 0 aromatic heterocycles. The standard InChI is InChI=1S/C10H18N2O3/c1-11(2)10(15)12-5-3-4-8(7-12)6-9(13)14/h8H,3-7H2,1-2H3,(H,13,14). The molecule has 0 saturated carbocycles. The van der Waals surface area contributed by atoms with Gasteiger partial charge in [-0.15, -0.1) is 0 Å². The first-order valence-electron chi connectivity index (χ1n) is 5.18. The van der Waals surface area contributed by atoms with Crippen LogP contribution in [0.5, 0.6) is 0 Å². The molecule has 2 amide bonds. The average molecular weight is 214 g/mol. The Hall–Kier alpha value is -1.26. The zero-order valence-corrected chi connectivity index (χ0v) is 9.27. The number of carbonyl (C=O) groups excluding carboxylic acids is 1. The summed E-state index contributed by atoms with van der Waals surface area (Å²) in [4.78, 5) is 25.5. The number of carboxylic acids is 1. The van der Waals surface area contributed by atoms with Crippen LogP contribution in [-0.2, 0) is 4.79 Å². The first-order chi connectivity index (χ1) is 7.00. The highest BCUT2D eigenvalue weighted by atomic mass is 16.4. The van der Waals surface area contributed by atoms with Crippen molar-refractivity contribution < 1.29 is 14.7 Å². The molecule has 0 bridgehead atoms. The molecule has 5 heteroatoms. The maximum absolute atomic E-state index is 11.6. The molecule has 0 aromatic carbocycles. The second kappa shape index (κ2) is 5.00. The van der Waals surface area contributed by atoms with Crippen molar-refractivity contribution in [2.75, 3.05) is 27.2 Å². The third kappa shape index (κ3) is 3.42. The quantitative estimate of drug-likeness (QED) is 0.741. The van der Waals surface area contributed by atoms with Crippen LogP contribution >= 0.6 is 0 Å². The van der Waals surface area contributed by atoms with Gasteiger partial charge < -0.3 is 14.9 Å². The fourth-order valence-electron chi connectivity index (χ4n) is 1.94. The van der Waals surface area contributed by atoms with Gasteiger partial charge >= 0.3 is 12.0 Å². The number of amides is 2. The predicted octanol–water partition coefficient (Wildman–Crippen LogP) is 0.855. The molecule has 1 heterocycles. The molecule has 1 fully saturated rings. The van der Waals surface area contributed by atoms with Crippen molar-refractivity contribution in [1.29, 1.82) is 0 Å². The molecule has 0 aliphatic carbocycles. The molecule has 1 aliphatic heterocycles. The van der Waals surface area contributed by atoms with E-state index in [0.717, 1.165) is 19.4 Å². The Bertz CT molecular complexity index is 253. The van der Waals surface area contributed by atoms with Crippen molar-refractivity contribution >= 4 is 12.0 Å². The molecule has 0 spiro atoms. The zero-order chi connectivity index (χ0) is 11.4.